The number of halogens is 3. The average Bonchev–Trinajstić information content (AvgIpc) is 3.02. The first-order valence-corrected chi connectivity index (χ1v) is 16.3. The number of fused-ring (bicyclic) bond motifs is 2. The molecule has 1 aliphatic carbocycles. The normalized spacial score (nSPS) is 19.5. The van der Waals surface area contributed by atoms with Crippen molar-refractivity contribution in [1.29, 1.82) is 0 Å². The van der Waals surface area contributed by atoms with E-state index in [1.54, 1.807) is 18.2 Å². The van der Waals surface area contributed by atoms with E-state index in [2.05, 4.69) is 73.1 Å². The van der Waals surface area contributed by atoms with Crippen molar-refractivity contribution in [2.24, 2.45) is 4.99 Å². The number of carbonyl (C=O) groups excluding carboxylic acids is 1. The van der Waals surface area contributed by atoms with E-state index in [9.17, 15) is 9.90 Å². The molecule has 2 aliphatic rings. The number of carbonyl (C=O) groups is 1. The molecule has 0 saturated heterocycles. The average molecular weight is 730 g/mol. The summed E-state index contributed by atoms with van der Waals surface area (Å²) in [6.07, 6.45) is 5.16. The van der Waals surface area contributed by atoms with Gasteiger partial charge in [0.1, 0.15) is 0 Å². The molecule has 0 amide bonds. The van der Waals surface area contributed by atoms with Gasteiger partial charge in [0, 0.05) is 0 Å². The number of hydrogen-bond donors (Lipinski definition) is 1. The Morgan fingerprint density at radius 2 is 1.81 bits per heavy atom. The van der Waals surface area contributed by atoms with Gasteiger partial charge in [-0.05, 0) is 0 Å². The fourth-order valence-electron chi connectivity index (χ4n) is 4.28. The molecule has 0 saturated carbocycles. The molecule has 31 heavy (non-hydrogen) atoms. The number of allylic oxidation sites excluding steroid dienone is 4. The molecule has 3 aromatic rings. The Morgan fingerprint density at radius 3 is 2.48 bits per heavy atom. The predicted molar refractivity (Wildman–Crippen MR) is 145 cm³/mol. The predicted octanol–water partition coefficient (Wildman–Crippen LogP) is 5.13. The monoisotopic (exact) mass is 729 g/mol. The Balaban J connectivity index is 1.94. The van der Waals surface area contributed by atoms with E-state index in [0.29, 0.717) is 0 Å². The number of aliphatic imine (C=N–C) groups is 1. The quantitative estimate of drug-likeness (QED) is 0.226. The minimum atomic E-state index is -2.64. The fraction of sp³-hybridized carbons (Fsp3) is 0.0435. The van der Waals surface area contributed by atoms with Crippen LogP contribution in [-0.2, 0) is 4.79 Å². The number of rotatable bonds is 2. The van der Waals surface area contributed by atoms with Crippen molar-refractivity contribution in [3.8, 4) is 15.8 Å². The van der Waals surface area contributed by atoms with Gasteiger partial charge < -0.3 is 0 Å². The van der Waals surface area contributed by atoms with Crippen LogP contribution in [0.15, 0.2) is 79.8 Å². The fourth-order valence-corrected chi connectivity index (χ4v) is 14.3. The molecule has 8 heteroatoms. The van der Waals surface area contributed by atoms with Crippen LogP contribution >= 0.6 is 54.5 Å². The molecule has 0 fully saturated rings. The number of phenols is 1. The third-order valence-corrected chi connectivity index (χ3v) is 18.0. The van der Waals surface area contributed by atoms with Gasteiger partial charge in [-0.1, -0.05) is 0 Å². The van der Waals surface area contributed by atoms with Gasteiger partial charge in [-0.15, -0.1) is 0 Å². The first-order valence-electron chi connectivity index (χ1n) is 9.41. The Hall–Kier alpha value is -1.03. The van der Waals surface area contributed by atoms with Crippen LogP contribution in [0.5, 0.6) is 5.75 Å². The van der Waals surface area contributed by atoms with Gasteiger partial charge >= 0.3 is 219 Å². The van der Waals surface area contributed by atoms with Gasteiger partial charge in [0.15, 0.2) is 0 Å². The van der Waals surface area contributed by atoms with Gasteiger partial charge in [-0.3, -0.25) is 0 Å². The van der Waals surface area contributed by atoms with E-state index in [-0.39, 0.29) is 26.0 Å². The molecule has 1 aliphatic heterocycles. The molecule has 0 spiro atoms. The molecule has 5 rings (SSSR count). The van der Waals surface area contributed by atoms with E-state index in [1.165, 1.54) is 7.63 Å². The van der Waals surface area contributed by atoms with Crippen LogP contribution in [-0.4, -0.2) is 39.2 Å². The second-order valence-electron chi connectivity index (χ2n) is 7.47. The third-order valence-electron chi connectivity index (χ3n) is 5.74. The molecule has 1 N–H and O–H groups in total. The summed E-state index contributed by atoms with van der Waals surface area (Å²) in [5, 5.41) is 14.4. The summed E-state index contributed by atoms with van der Waals surface area (Å²) in [5.74, 6) is 0.240. The number of ketones is 1. The van der Waals surface area contributed by atoms with Crippen LogP contribution in [0.1, 0.15) is 0 Å². The van der Waals surface area contributed by atoms with E-state index in [4.69, 9.17) is 4.99 Å². The molecular weight excluding hydrogens is 716 g/mol. The Morgan fingerprint density at radius 1 is 1.06 bits per heavy atom. The molecule has 1 atom stereocenters. The number of hydrogen-bond acceptors (Lipinski definition) is 3. The van der Waals surface area contributed by atoms with Crippen LogP contribution in [0.3, 0.4) is 0 Å². The summed E-state index contributed by atoms with van der Waals surface area (Å²) < 4.78 is 4.36. The van der Waals surface area contributed by atoms with Crippen molar-refractivity contribution in [1.82, 2.24) is 0 Å². The standard InChI is InChI=1S/C23H14Br2INO2SeSi/c1-31(13-5-3-2-4-6-13)17-11-12(28)7-8-14(17)27-15-9-10-16(29)18(22(15)31)21-19(24)20(25)23(26)30-21/h2-11,29H,1H3. The molecule has 3 nitrogen and oxygen atoms in total. The summed E-state index contributed by atoms with van der Waals surface area (Å²) in [5.41, 5.74) is 2.58. The zero-order valence-corrected chi connectivity index (χ0v) is 24.2. The van der Waals surface area contributed by atoms with Gasteiger partial charge in [0.25, 0.3) is 0 Å². The Kier molecular flexibility index (Phi) is 5.68. The minimum absolute atomic E-state index is 0.0156. The van der Waals surface area contributed by atoms with Gasteiger partial charge in [-0.25, -0.2) is 0 Å². The van der Waals surface area contributed by atoms with Gasteiger partial charge in [-0.2, -0.15) is 0 Å². The van der Waals surface area contributed by atoms with Crippen LogP contribution in [0, 0.1) is 2.44 Å². The number of nitrogens with zero attached hydrogens (tertiary/aromatic N) is 1. The van der Waals surface area contributed by atoms with E-state index < -0.39 is 8.07 Å². The first kappa shape index (κ1) is 21.8. The van der Waals surface area contributed by atoms with E-state index in [1.807, 2.05) is 30.3 Å². The number of phenolic OH excluding ortho intramolecular Hbond substituents is 1. The van der Waals surface area contributed by atoms with Crippen LogP contribution in [0.4, 0.5) is 5.69 Å². The van der Waals surface area contributed by atoms with Crippen LogP contribution in [0.2, 0.25) is 6.55 Å². The van der Waals surface area contributed by atoms with E-state index >= 15 is 0 Å². The molecule has 154 valence electrons. The molecule has 2 aromatic carbocycles. The SMILES string of the molecule is C[Si]1(c2ccccc2)C2=CC(=O)C=CC2=Nc2ccc(O)c(-c3[se]c(I)c(Br)c3Br)c21. The second-order valence-corrected chi connectivity index (χ2v) is 17.8. The van der Waals surface area contributed by atoms with Crippen molar-refractivity contribution in [3.63, 3.8) is 0 Å². The zero-order valence-electron chi connectivity index (χ0n) is 16.1. The summed E-state index contributed by atoms with van der Waals surface area (Å²) >= 11 is 9.85. The van der Waals surface area contributed by atoms with Crippen molar-refractivity contribution in [2.45, 2.75) is 6.55 Å². The Labute approximate surface area is 217 Å². The van der Waals surface area contributed by atoms with Crippen LogP contribution in [0.25, 0.3) is 10.0 Å². The molecule has 2 heterocycles. The molecular formula is C23H14Br2INO2SeSi. The Bertz CT molecular complexity index is 1360. The molecule has 0 radical (unpaired) electrons. The van der Waals surface area contributed by atoms with Crippen molar-refractivity contribution in [2.75, 3.05) is 0 Å². The second kappa shape index (κ2) is 8.08. The third kappa shape index (κ3) is 3.38. The number of aromatic hydroxyl groups is 1. The number of benzene rings is 2. The van der Waals surface area contributed by atoms with Crippen LogP contribution < -0.4 is 10.4 Å². The summed E-state index contributed by atoms with van der Waals surface area (Å²) in [6, 6.07) is 14.0. The zero-order chi connectivity index (χ0) is 21.9. The molecule has 0 bridgehead atoms. The van der Waals surface area contributed by atoms with Crippen molar-refractivity contribution in [3.05, 3.63) is 77.3 Å². The van der Waals surface area contributed by atoms with E-state index in [0.717, 1.165) is 40.7 Å². The maximum atomic E-state index is 12.4. The van der Waals surface area contributed by atoms with Gasteiger partial charge in [0.2, 0.25) is 0 Å². The summed E-state index contributed by atoms with van der Waals surface area (Å²) in [7, 11) is -2.64. The molecule has 1 unspecified atom stereocenters. The topological polar surface area (TPSA) is 49.7 Å². The van der Waals surface area contributed by atoms with Crippen molar-refractivity contribution < 1.29 is 9.90 Å². The van der Waals surface area contributed by atoms with Crippen molar-refractivity contribution >= 4 is 105 Å². The summed E-state index contributed by atoms with van der Waals surface area (Å²) in [6.45, 7) is 2.26. The molecule has 1 aromatic heterocycles. The first-order chi connectivity index (χ1) is 14.8. The maximum absolute atomic E-state index is 12.4. The summed E-state index contributed by atoms with van der Waals surface area (Å²) in [4.78, 5) is 17.4. The van der Waals surface area contributed by atoms with Gasteiger partial charge in [0.05, 0.1) is 0 Å².